The third-order valence-electron chi connectivity index (χ3n) is 2.90. The summed E-state index contributed by atoms with van der Waals surface area (Å²) >= 11 is 0.587. The van der Waals surface area contributed by atoms with Gasteiger partial charge in [0, 0.05) is 19.1 Å². The number of hydrogen-bond donors (Lipinski definition) is 1. The second-order valence-corrected chi connectivity index (χ2v) is 5.22. The highest BCUT2D eigenvalue weighted by Gasteiger charge is 2.36. The summed E-state index contributed by atoms with van der Waals surface area (Å²) in [6, 6.07) is 0.112. The number of halogens is 3. The zero-order chi connectivity index (χ0) is 12.6. The van der Waals surface area contributed by atoms with Gasteiger partial charge >= 0.3 is 6.18 Å². The van der Waals surface area contributed by atoms with E-state index >= 15 is 0 Å². The average Bonchev–Trinajstić information content (AvgIpc) is 2.70. The monoisotopic (exact) mass is 266 g/mol. The van der Waals surface area contributed by atoms with Crippen molar-refractivity contribution in [3.05, 3.63) is 5.01 Å². The van der Waals surface area contributed by atoms with Crippen LogP contribution in [-0.2, 0) is 6.18 Å². The van der Waals surface area contributed by atoms with Gasteiger partial charge in [0.05, 0.1) is 0 Å². The first-order chi connectivity index (χ1) is 7.88. The van der Waals surface area contributed by atoms with Crippen molar-refractivity contribution in [1.82, 2.24) is 10.2 Å². The largest absolute Gasteiger partial charge is 0.445 e. The molecule has 1 saturated heterocycles. The fourth-order valence-corrected chi connectivity index (χ4v) is 2.54. The van der Waals surface area contributed by atoms with Crippen LogP contribution in [0.5, 0.6) is 0 Å². The summed E-state index contributed by atoms with van der Waals surface area (Å²) in [6.07, 6.45) is -3.64. The molecule has 4 nitrogen and oxygen atoms in total. The van der Waals surface area contributed by atoms with E-state index in [9.17, 15) is 13.2 Å². The molecule has 1 fully saturated rings. The van der Waals surface area contributed by atoms with Crippen LogP contribution in [0.15, 0.2) is 0 Å². The molecule has 0 amide bonds. The van der Waals surface area contributed by atoms with Crippen molar-refractivity contribution in [2.75, 3.05) is 18.0 Å². The van der Waals surface area contributed by atoms with E-state index in [4.69, 9.17) is 5.73 Å². The maximum Gasteiger partial charge on any atom is 0.445 e. The van der Waals surface area contributed by atoms with Crippen molar-refractivity contribution in [3.8, 4) is 0 Å². The third kappa shape index (κ3) is 2.68. The number of aromatic nitrogens is 2. The van der Waals surface area contributed by atoms with Gasteiger partial charge in [-0.15, -0.1) is 10.2 Å². The molecule has 2 atom stereocenters. The van der Waals surface area contributed by atoms with Crippen LogP contribution < -0.4 is 10.6 Å². The Morgan fingerprint density at radius 2 is 2.12 bits per heavy atom. The first-order valence-electron chi connectivity index (χ1n) is 5.29. The number of rotatable bonds is 1. The van der Waals surface area contributed by atoms with Crippen molar-refractivity contribution in [3.63, 3.8) is 0 Å². The Labute approximate surface area is 101 Å². The summed E-state index contributed by atoms with van der Waals surface area (Å²) in [6.45, 7) is 3.26. The lowest BCUT2D eigenvalue weighted by Crippen LogP contribution is -2.45. The minimum absolute atomic E-state index is 0.112. The summed E-state index contributed by atoms with van der Waals surface area (Å²) < 4.78 is 37.1. The summed E-state index contributed by atoms with van der Waals surface area (Å²) in [7, 11) is 0. The first kappa shape index (κ1) is 12.6. The lowest BCUT2D eigenvalue weighted by Gasteiger charge is -2.34. The van der Waals surface area contributed by atoms with Crippen LogP contribution >= 0.6 is 11.3 Å². The molecule has 2 unspecified atom stereocenters. The molecule has 2 rings (SSSR count). The summed E-state index contributed by atoms with van der Waals surface area (Å²) in [5.41, 5.74) is 5.85. The highest BCUT2D eigenvalue weighted by Crippen LogP contribution is 2.35. The molecule has 17 heavy (non-hydrogen) atoms. The second-order valence-electron chi connectivity index (χ2n) is 4.26. The summed E-state index contributed by atoms with van der Waals surface area (Å²) in [5, 5.41) is 6.21. The van der Waals surface area contributed by atoms with Crippen LogP contribution in [0.2, 0.25) is 0 Å². The smallest absolute Gasteiger partial charge is 0.346 e. The molecule has 8 heteroatoms. The van der Waals surface area contributed by atoms with Gasteiger partial charge < -0.3 is 10.6 Å². The molecule has 2 N–H and O–H groups in total. The Kier molecular flexibility index (Phi) is 3.26. The Hall–Kier alpha value is -0.890. The van der Waals surface area contributed by atoms with Crippen molar-refractivity contribution in [2.24, 2.45) is 11.7 Å². The van der Waals surface area contributed by atoms with Crippen LogP contribution in [-0.4, -0.2) is 29.3 Å². The Balaban J connectivity index is 2.11. The van der Waals surface area contributed by atoms with E-state index < -0.39 is 11.2 Å². The fourth-order valence-electron chi connectivity index (χ4n) is 1.80. The standard InChI is InChI=1S/C9H13F3N4S/c1-5-4-16(3-2-6(5)13)8-15-14-7(17-8)9(10,11)12/h5-6H,2-4,13H2,1H3. The molecule has 1 aromatic heterocycles. The van der Waals surface area contributed by atoms with E-state index in [2.05, 4.69) is 10.2 Å². The molecule has 0 spiro atoms. The molecule has 0 bridgehead atoms. The van der Waals surface area contributed by atoms with Crippen molar-refractivity contribution in [2.45, 2.75) is 25.6 Å². The molecule has 2 heterocycles. The predicted molar refractivity (Wildman–Crippen MR) is 58.9 cm³/mol. The molecule has 0 aliphatic carbocycles. The highest BCUT2D eigenvalue weighted by atomic mass is 32.1. The van der Waals surface area contributed by atoms with Gasteiger partial charge in [0.25, 0.3) is 0 Å². The summed E-state index contributed by atoms with van der Waals surface area (Å²) in [4.78, 5) is 1.82. The van der Waals surface area contributed by atoms with Gasteiger partial charge in [0.2, 0.25) is 10.1 Å². The maximum absolute atomic E-state index is 12.4. The average molecular weight is 266 g/mol. The van der Waals surface area contributed by atoms with Gasteiger partial charge in [-0.25, -0.2) is 0 Å². The van der Waals surface area contributed by atoms with Gasteiger partial charge in [0.15, 0.2) is 0 Å². The van der Waals surface area contributed by atoms with Crippen LogP contribution in [0.3, 0.4) is 0 Å². The Morgan fingerprint density at radius 3 is 2.65 bits per heavy atom. The molecule has 1 aliphatic heterocycles. The van der Waals surface area contributed by atoms with Gasteiger partial charge in [-0.05, 0) is 12.3 Å². The number of nitrogens with two attached hydrogens (primary N) is 1. The van der Waals surface area contributed by atoms with E-state index in [0.717, 1.165) is 6.42 Å². The molecule has 1 aliphatic rings. The van der Waals surface area contributed by atoms with Gasteiger partial charge in [0.1, 0.15) is 0 Å². The molecule has 0 saturated carbocycles. The number of anilines is 1. The van der Waals surface area contributed by atoms with Crippen molar-refractivity contribution in [1.29, 1.82) is 0 Å². The Bertz CT molecular complexity index is 392. The lowest BCUT2D eigenvalue weighted by molar-refractivity contribution is -0.138. The number of hydrogen-bond acceptors (Lipinski definition) is 5. The van der Waals surface area contributed by atoms with E-state index in [1.54, 1.807) is 0 Å². The lowest BCUT2D eigenvalue weighted by atomic mass is 9.95. The predicted octanol–water partition coefficient (Wildman–Crippen LogP) is 1.73. The third-order valence-corrected chi connectivity index (χ3v) is 3.93. The van der Waals surface area contributed by atoms with Gasteiger partial charge in [-0.3, -0.25) is 0 Å². The zero-order valence-electron chi connectivity index (χ0n) is 9.24. The topological polar surface area (TPSA) is 55.0 Å². The molecule has 96 valence electrons. The van der Waals surface area contributed by atoms with Crippen molar-refractivity contribution < 1.29 is 13.2 Å². The number of nitrogens with zero attached hydrogens (tertiary/aromatic N) is 3. The number of alkyl halides is 3. The zero-order valence-corrected chi connectivity index (χ0v) is 10.1. The Morgan fingerprint density at radius 1 is 1.41 bits per heavy atom. The van der Waals surface area contributed by atoms with Crippen LogP contribution in [0.1, 0.15) is 18.4 Å². The summed E-state index contributed by atoms with van der Waals surface area (Å²) in [5.74, 6) is 0.252. The SMILES string of the molecule is CC1CN(c2nnc(C(F)(F)F)s2)CCC1N. The van der Waals surface area contributed by atoms with Crippen LogP contribution in [0.4, 0.5) is 18.3 Å². The highest BCUT2D eigenvalue weighted by molar-refractivity contribution is 7.15. The van der Waals surface area contributed by atoms with E-state index in [1.807, 2.05) is 11.8 Å². The van der Waals surface area contributed by atoms with Crippen molar-refractivity contribution >= 4 is 16.5 Å². The fraction of sp³-hybridized carbons (Fsp3) is 0.778. The minimum Gasteiger partial charge on any atom is -0.346 e. The van der Waals surface area contributed by atoms with E-state index in [0.29, 0.717) is 29.6 Å². The van der Waals surface area contributed by atoms with Gasteiger partial charge in [-0.1, -0.05) is 18.3 Å². The molecule has 0 aromatic carbocycles. The molecule has 0 radical (unpaired) electrons. The normalized spacial score (nSPS) is 26.3. The molecule has 1 aromatic rings. The maximum atomic E-state index is 12.4. The molecular weight excluding hydrogens is 253 g/mol. The second kappa shape index (κ2) is 4.41. The van der Waals surface area contributed by atoms with Gasteiger partial charge in [-0.2, -0.15) is 13.2 Å². The first-order valence-corrected chi connectivity index (χ1v) is 6.11. The quantitative estimate of drug-likeness (QED) is 0.841. The molecular formula is C9H13F3N4S. The minimum atomic E-state index is -4.41. The number of piperidine rings is 1. The van der Waals surface area contributed by atoms with E-state index in [1.165, 1.54) is 0 Å². The van der Waals surface area contributed by atoms with Crippen LogP contribution in [0.25, 0.3) is 0 Å². The van der Waals surface area contributed by atoms with E-state index in [-0.39, 0.29) is 12.0 Å². The van der Waals surface area contributed by atoms with Crippen LogP contribution in [0, 0.1) is 5.92 Å².